The molecule has 1 aliphatic heterocycles. The fourth-order valence-corrected chi connectivity index (χ4v) is 3.05. The molecule has 0 aromatic carbocycles. The Balaban J connectivity index is 1.61. The van der Waals surface area contributed by atoms with Gasteiger partial charge in [0, 0.05) is 18.0 Å². The first-order valence-electron chi connectivity index (χ1n) is 6.57. The van der Waals surface area contributed by atoms with E-state index in [1.165, 1.54) is 49.5 Å². The van der Waals surface area contributed by atoms with E-state index in [9.17, 15) is 0 Å². The molecule has 0 amide bonds. The summed E-state index contributed by atoms with van der Waals surface area (Å²) in [5.41, 5.74) is 1.22. The van der Waals surface area contributed by atoms with Crippen molar-refractivity contribution in [2.75, 3.05) is 20.1 Å². The van der Waals surface area contributed by atoms with Crippen LogP contribution in [-0.2, 0) is 6.54 Å². The molecule has 2 rings (SSSR count). The van der Waals surface area contributed by atoms with Crippen LogP contribution in [0.15, 0.2) is 5.38 Å². The maximum Gasteiger partial charge on any atom is 0.0897 e. The first kappa shape index (κ1) is 13.0. The molecular formula is C13H23N3S. The van der Waals surface area contributed by atoms with Crippen molar-refractivity contribution in [2.24, 2.45) is 0 Å². The molecule has 1 aromatic heterocycles. The molecule has 1 N–H and O–H groups in total. The summed E-state index contributed by atoms with van der Waals surface area (Å²) in [7, 11) is 2.19. The molecule has 4 heteroatoms. The number of rotatable bonds is 6. The van der Waals surface area contributed by atoms with Crippen molar-refractivity contribution in [3.05, 3.63) is 16.1 Å². The fraction of sp³-hybridized carbons (Fsp3) is 0.769. The van der Waals surface area contributed by atoms with Crippen molar-refractivity contribution in [3.8, 4) is 0 Å². The van der Waals surface area contributed by atoms with Crippen LogP contribution in [0.3, 0.4) is 0 Å². The lowest BCUT2D eigenvalue weighted by molar-refractivity contribution is 0.308. The molecule has 1 aromatic rings. The third-order valence-corrected chi connectivity index (χ3v) is 4.18. The van der Waals surface area contributed by atoms with E-state index in [4.69, 9.17) is 0 Å². The topological polar surface area (TPSA) is 28.2 Å². The normalized spacial score (nSPS) is 20.3. The second-order valence-electron chi connectivity index (χ2n) is 5.03. The highest BCUT2D eigenvalue weighted by molar-refractivity contribution is 7.09. The monoisotopic (exact) mass is 253 g/mol. The Bertz CT molecular complexity index is 331. The van der Waals surface area contributed by atoms with Gasteiger partial charge in [-0.15, -0.1) is 11.3 Å². The summed E-state index contributed by atoms with van der Waals surface area (Å²) < 4.78 is 0. The van der Waals surface area contributed by atoms with Crippen LogP contribution >= 0.6 is 11.3 Å². The van der Waals surface area contributed by atoms with E-state index in [1.807, 2.05) is 0 Å². The molecule has 17 heavy (non-hydrogen) atoms. The fourth-order valence-electron chi connectivity index (χ4n) is 2.45. The van der Waals surface area contributed by atoms with Crippen molar-refractivity contribution < 1.29 is 0 Å². The van der Waals surface area contributed by atoms with E-state index in [1.54, 1.807) is 11.3 Å². The third-order valence-electron chi connectivity index (χ3n) is 3.35. The number of hydrogen-bond donors (Lipinski definition) is 1. The Kier molecular flexibility index (Phi) is 4.95. The van der Waals surface area contributed by atoms with Crippen LogP contribution in [0.4, 0.5) is 0 Å². The number of aromatic nitrogens is 1. The Morgan fingerprint density at radius 2 is 2.47 bits per heavy atom. The van der Waals surface area contributed by atoms with E-state index < -0.39 is 0 Å². The van der Waals surface area contributed by atoms with Gasteiger partial charge >= 0.3 is 0 Å². The average Bonchev–Trinajstić information content (AvgIpc) is 2.90. The Morgan fingerprint density at radius 3 is 3.12 bits per heavy atom. The van der Waals surface area contributed by atoms with Crippen LogP contribution in [0.25, 0.3) is 0 Å². The number of thiazole rings is 1. The van der Waals surface area contributed by atoms with Gasteiger partial charge in [0.05, 0.1) is 10.7 Å². The molecule has 0 spiro atoms. The Morgan fingerprint density at radius 1 is 1.59 bits per heavy atom. The van der Waals surface area contributed by atoms with Gasteiger partial charge in [0.15, 0.2) is 0 Å². The molecule has 0 saturated carbocycles. The molecule has 96 valence electrons. The standard InChI is InChI=1S/C13H23N3S/c1-11-15-13(10-17-11)9-16(2)8-4-6-12-5-3-7-14-12/h10,12,14H,3-9H2,1-2H3. The number of nitrogens with zero attached hydrogens (tertiary/aromatic N) is 2. The maximum atomic E-state index is 4.50. The zero-order chi connectivity index (χ0) is 12.1. The van der Waals surface area contributed by atoms with E-state index in [0.29, 0.717) is 0 Å². The van der Waals surface area contributed by atoms with E-state index in [-0.39, 0.29) is 0 Å². The quantitative estimate of drug-likeness (QED) is 0.844. The average molecular weight is 253 g/mol. The molecule has 1 saturated heterocycles. The summed E-state index contributed by atoms with van der Waals surface area (Å²) in [6.45, 7) is 5.45. The Labute approximate surface area is 108 Å². The van der Waals surface area contributed by atoms with Crippen molar-refractivity contribution in [2.45, 2.75) is 45.2 Å². The molecular weight excluding hydrogens is 230 g/mol. The maximum absolute atomic E-state index is 4.50. The van der Waals surface area contributed by atoms with Gasteiger partial charge in [-0.2, -0.15) is 0 Å². The SMILES string of the molecule is Cc1nc(CN(C)CCCC2CCCN2)cs1. The highest BCUT2D eigenvalue weighted by atomic mass is 32.1. The van der Waals surface area contributed by atoms with Crippen LogP contribution in [0.5, 0.6) is 0 Å². The smallest absolute Gasteiger partial charge is 0.0897 e. The highest BCUT2D eigenvalue weighted by Crippen LogP contribution is 2.12. The molecule has 0 bridgehead atoms. The molecule has 2 heterocycles. The lowest BCUT2D eigenvalue weighted by Crippen LogP contribution is -2.24. The molecule has 1 unspecified atom stereocenters. The molecule has 1 atom stereocenters. The van der Waals surface area contributed by atoms with Gasteiger partial charge in [-0.25, -0.2) is 4.98 Å². The van der Waals surface area contributed by atoms with Crippen LogP contribution in [-0.4, -0.2) is 36.1 Å². The molecule has 1 aliphatic rings. The molecule has 3 nitrogen and oxygen atoms in total. The minimum Gasteiger partial charge on any atom is -0.314 e. The van der Waals surface area contributed by atoms with Crippen LogP contribution < -0.4 is 5.32 Å². The van der Waals surface area contributed by atoms with Gasteiger partial charge in [0.25, 0.3) is 0 Å². The minimum absolute atomic E-state index is 0.782. The van der Waals surface area contributed by atoms with E-state index >= 15 is 0 Å². The van der Waals surface area contributed by atoms with Gasteiger partial charge < -0.3 is 10.2 Å². The summed E-state index contributed by atoms with van der Waals surface area (Å²) in [6, 6.07) is 0.782. The van der Waals surface area contributed by atoms with Crippen LogP contribution in [0.1, 0.15) is 36.4 Å². The second-order valence-corrected chi connectivity index (χ2v) is 6.09. The van der Waals surface area contributed by atoms with Gasteiger partial charge in [0.2, 0.25) is 0 Å². The second kappa shape index (κ2) is 6.47. The van der Waals surface area contributed by atoms with E-state index in [0.717, 1.165) is 12.6 Å². The van der Waals surface area contributed by atoms with Crippen molar-refractivity contribution >= 4 is 11.3 Å². The summed E-state index contributed by atoms with van der Waals surface area (Å²) in [4.78, 5) is 6.88. The van der Waals surface area contributed by atoms with Crippen LogP contribution in [0.2, 0.25) is 0 Å². The molecule has 0 aliphatic carbocycles. The van der Waals surface area contributed by atoms with Crippen molar-refractivity contribution in [1.29, 1.82) is 0 Å². The molecule has 0 radical (unpaired) electrons. The van der Waals surface area contributed by atoms with Gasteiger partial charge in [-0.3, -0.25) is 0 Å². The summed E-state index contributed by atoms with van der Waals surface area (Å²) in [5, 5.41) is 6.90. The zero-order valence-electron chi connectivity index (χ0n) is 10.9. The Hall–Kier alpha value is -0.450. The van der Waals surface area contributed by atoms with E-state index in [2.05, 4.69) is 34.6 Å². The van der Waals surface area contributed by atoms with Crippen molar-refractivity contribution in [1.82, 2.24) is 15.2 Å². The third kappa shape index (κ3) is 4.37. The largest absolute Gasteiger partial charge is 0.314 e. The predicted octanol–water partition coefficient (Wildman–Crippen LogP) is 2.42. The predicted molar refractivity (Wildman–Crippen MR) is 73.4 cm³/mol. The highest BCUT2D eigenvalue weighted by Gasteiger charge is 2.13. The molecule has 1 fully saturated rings. The van der Waals surface area contributed by atoms with Crippen molar-refractivity contribution in [3.63, 3.8) is 0 Å². The summed E-state index contributed by atoms with van der Waals surface area (Å²) in [5.74, 6) is 0. The first-order chi connectivity index (χ1) is 8.24. The van der Waals surface area contributed by atoms with Gasteiger partial charge in [-0.05, 0) is 52.7 Å². The van der Waals surface area contributed by atoms with Gasteiger partial charge in [0.1, 0.15) is 0 Å². The summed E-state index contributed by atoms with van der Waals surface area (Å²) in [6.07, 6.45) is 5.34. The van der Waals surface area contributed by atoms with Gasteiger partial charge in [-0.1, -0.05) is 0 Å². The number of aryl methyl sites for hydroxylation is 1. The summed E-state index contributed by atoms with van der Waals surface area (Å²) >= 11 is 1.74. The minimum atomic E-state index is 0.782. The first-order valence-corrected chi connectivity index (χ1v) is 7.45. The lowest BCUT2D eigenvalue weighted by Gasteiger charge is -2.16. The number of hydrogen-bond acceptors (Lipinski definition) is 4. The lowest BCUT2D eigenvalue weighted by atomic mass is 10.1. The van der Waals surface area contributed by atoms with Crippen LogP contribution in [0, 0.1) is 6.92 Å². The number of nitrogens with one attached hydrogen (secondary N) is 1. The zero-order valence-corrected chi connectivity index (χ0v) is 11.7.